The first-order valence-electron chi connectivity index (χ1n) is 8.91. The van der Waals surface area contributed by atoms with Crippen LogP contribution in [0.4, 0.5) is 5.69 Å². The zero-order chi connectivity index (χ0) is 20.6. The lowest BCUT2D eigenvalue weighted by Gasteiger charge is -2.08. The summed E-state index contributed by atoms with van der Waals surface area (Å²) in [5, 5.41) is 5.28. The van der Waals surface area contributed by atoms with Gasteiger partial charge in [-0.05, 0) is 37.3 Å². The van der Waals surface area contributed by atoms with E-state index in [1.165, 1.54) is 6.39 Å². The van der Waals surface area contributed by atoms with E-state index in [0.717, 1.165) is 5.56 Å². The fourth-order valence-corrected chi connectivity index (χ4v) is 2.54. The molecular formula is C21H19N3O5. The Hall–Kier alpha value is -3.94. The van der Waals surface area contributed by atoms with Crippen LogP contribution in [0.3, 0.4) is 0 Å². The van der Waals surface area contributed by atoms with Crippen LogP contribution in [0.2, 0.25) is 0 Å². The van der Waals surface area contributed by atoms with Crippen molar-refractivity contribution in [1.29, 1.82) is 0 Å². The van der Waals surface area contributed by atoms with Gasteiger partial charge in [0.2, 0.25) is 0 Å². The molecular weight excluding hydrogens is 374 g/mol. The summed E-state index contributed by atoms with van der Waals surface area (Å²) in [5.74, 6) is -0.784. The van der Waals surface area contributed by atoms with Crippen LogP contribution < -0.4 is 10.6 Å². The first-order valence-corrected chi connectivity index (χ1v) is 8.91. The molecule has 1 heterocycles. The predicted octanol–water partition coefficient (Wildman–Crippen LogP) is 2.89. The number of ether oxygens (including phenoxy) is 1. The normalized spacial score (nSPS) is 10.2. The summed E-state index contributed by atoms with van der Waals surface area (Å²) in [6, 6.07) is 13.0. The molecule has 0 saturated heterocycles. The fourth-order valence-electron chi connectivity index (χ4n) is 2.54. The molecule has 0 fully saturated rings. The fraction of sp³-hybridized carbons (Fsp3) is 0.143. The number of benzene rings is 2. The molecule has 0 bridgehead atoms. The second-order valence-corrected chi connectivity index (χ2v) is 6.01. The van der Waals surface area contributed by atoms with Gasteiger partial charge in [0.05, 0.1) is 11.8 Å². The van der Waals surface area contributed by atoms with Crippen LogP contribution in [0.1, 0.15) is 27.6 Å². The second-order valence-electron chi connectivity index (χ2n) is 6.01. The summed E-state index contributed by atoms with van der Waals surface area (Å²) >= 11 is 0. The molecule has 1 aromatic heterocycles. The van der Waals surface area contributed by atoms with Gasteiger partial charge in [0.15, 0.2) is 18.8 Å². The number of rotatable bonds is 7. The van der Waals surface area contributed by atoms with Gasteiger partial charge in [-0.3, -0.25) is 9.59 Å². The zero-order valence-corrected chi connectivity index (χ0v) is 15.7. The molecule has 0 aliphatic heterocycles. The minimum atomic E-state index is -0.625. The maximum Gasteiger partial charge on any atom is 0.338 e. The van der Waals surface area contributed by atoms with Gasteiger partial charge in [-0.1, -0.05) is 18.2 Å². The summed E-state index contributed by atoms with van der Waals surface area (Å²) in [6.07, 6.45) is 2.89. The molecule has 0 radical (unpaired) electrons. The van der Waals surface area contributed by atoms with Crippen LogP contribution >= 0.6 is 0 Å². The monoisotopic (exact) mass is 393 g/mol. The summed E-state index contributed by atoms with van der Waals surface area (Å²) in [5.41, 5.74) is 1.93. The Labute approximate surface area is 166 Å². The van der Waals surface area contributed by atoms with E-state index in [1.54, 1.807) is 54.7 Å². The first kappa shape index (κ1) is 19.8. The molecule has 2 amide bonds. The number of oxazole rings is 1. The maximum atomic E-state index is 12.1. The number of esters is 1. The topological polar surface area (TPSA) is 111 Å². The number of hydrogen-bond acceptors (Lipinski definition) is 6. The lowest BCUT2D eigenvalue weighted by molar-refractivity contribution is -0.119. The molecule has 148 valence electrons. The van der Waals surface area contributed by atoms with Crippen LogP contribution in [0.5, 0.6) is 0 Å². The molecule has 2 aromatic carbocycles. The van der Waals surface area contributed by atoms with Crippen molar-refractivity contribution in [2.75, 3.05) is 18.5 Å². The summed E-state index contributed by atoms with van der Waals surface area (Å²) < 4.78 is 10.2. The van der Waals surface area contributed by atoms with Crippen molar-refractivity contribution in [3.05, 3.63) is 72.2 Å². The Bertz CT molecular complexity index is 997. The van der Waals surface area contributed by atoms with Gasteiger partial charge in [-0.25, -0.2) is 9.78 Å². The van der Waals surface area contributed by atoms with Crippen molar-refractivity contribution in [3.8, 4) is 11.3 Å². The highest BCUT2D eigenvalue weighted by Gasteiger charge is 2.12. The van der Waals surface area contributed by atoms with Gasteiger partial charge in [0.1, 0.15) is 0 Å². The third kappa shape index (κ3) is 5.29. The number of hydrogen-bond donors (Lipinski definition) is 2. The molecule has 0 atom stereocenters. The number of nitrogens with zero attached hydrogens (tertiary/aromatic N) is 1. The lowest BCUT2D eigenvalue weighted by atomic mass is 10.1. The average Bonchev–Trinajstić information content (AvgIpc) is 3.27. The molecule has 0 aliphatic rings. The van der Waals surface area contributed by atoms with Crippen LogP contribution in [0, 0.1) is 0 Å². The molecule has 2 N–H and O–H groups in total. The third-order valence-electron chi connectivity index (χ3n) is 3.92. The van der Waals surface area contributed by atoms with Gasteiger partial charge in [-0.2, -0.15) is 0 Å². The lowest BCUT2D eigenvalue weighted by Crippen LogP contribution is -2.23. The SMILES string of the molecule is CCNC(=O)c1cccc(NC(=O)COC(=O)c2ccc(-c3cnco3)cc2)c1. The van der Waals surface area contributed by atoms with Crippen molar-refractivity contribution in [2.45, 2.75) is 6.92 Å². The van der Waals surface area contributed by atoms with Gasteiger partial charge in [0, 0.05) is 23.4 Å². The van der Waals surface area contributed by atoms with Gasteiger partial charge < -0.3 is 19.8 Å². The van der Waals surface area contributed by atoms with Crippen molar-refractivity contribution >= 4 is 23.5 Å². The highest BCUT2D eigenvalue weighted by atomic mass is 16.5. The molecule has 3 rings (SSSR count). The van der Waals surface area contributed by atoms with Crippen LogP contribution in [0.25, 0.3) is 11.3 Å². The molecule has 8 nitrogen and oxygen atoms in total. The number of carbonyl (C=O) groups is 3. The summed E-state index contributed by atoms with van der Waals surface area (Å²) in [6.45, 7) is 1.87. The van der Waals surface area contributed by atoms with Crippen molar-refractivity contribution in [3.63, 3.8) is 0 Å². The largest absolute Gasteiger partial charge is 0.452 e. The van der Waals surface area contributed by atoms with E-state index < -0.39 is 18.5 Å². The van der Waals surface area contributed by atoms with Gasteiger partial charge in [-0.15, -0.1) is 0 Å². The zero-order valence-electron chi connectivity index (χ0n) is 15.7. The molecule has 0 saturated carbocycles. The van der Waals surface area contributed by atoms with Crippen molar-refractivity contribution in [2.24, 2.45) is 0 Å². The van der Waals surface area contributed by atoms with E-state index in [9.17, 15) is 14.4 Å². The van der Waals surface area contributed by atoms with E-state index in [2.05, 4.69) is 15.6 Å². The maximum absolute atomic E-state index is 12.1. The number of anilines is 1. The Morgan fingerprint density at radius 1 is 1.07 bits per heavy atom. The predicted molar refractivity (Wildman–Crippen MR) is 105 cm³/mol. The van der Waals surface area contributed by atoms with Crippen molar-refractivity contribution in [1.82, 2.24) is 10.3 Å². The Morgan fingerprint density at radius 3 is 2.55 bits per heavy atom. The first-order chi connectivity index (χ1) is 14.1. The smallest absolute Gasteiger partial charge is 0.338 e. The van der Waals surface area contributed by atoms with Gasteiger partial charge >= 0.3 is 5.97 Å². The molecule has 29 heavy (non-hydrogen) atoms. The van der Waals surface area contributed by atoms with E-state index in [-0.39, 0.29) is 5.91 Å². The van der Waals surface area contributed by atoms with E-state index in [0.29, 0.717) is 29.1 Å². The highest BCUT2D eigenvalue weighted by molar-refractivity contribution is 5.98. The van der Waals surface area contributed by atoms with Crippen LogP contribution in [-0.2, 0) is 9.53 Å². The molecule has 0 unspecified atom stereocenters. The highest BCUT2D eigenvalue weighted by Crippen LogP contribution is 2.19. The summed E-state index contributed by atoms with van der Waals surface area (Å²) in [4.78, 5) is 39.9. The Balaban J connectivity index is 1.53. The standard InChI is InChI=1S/C21H19N3O5/c1-2-23-20(26)16-4-3-5-17(10-16)24-19(25)12-28-21(27)15-8-6-14(7-9-15)18-11-22-13-29-18/h3-11,13H,2,12H2,1H3,(H,23,26)(H,24,25). The average molecular weight is 393 g/mol. The van der Waals surface area contributed by atoms with Crippen LogP contribution in [0.15, 0.2) is 65.5 Å². The number of aromatic nitrogens is 1. The minimum absolute atomic E-state index is 0.233. The van der Waals surface area contributed by atoms with E-state index >= 15 is 0 Å². The molecule has 3 aromatic rings. The Morgan fingerprint density at radius 2 is 1.86 bits per heavy atom. The molecule has 0 spiro atoms. The van der Waals surface area contributed by atoms with Crippen LogP contribution in [-0.4, -0.2) is 35.9 Å². The van der Waals surface area contributed by atoms with Crippen molar-refractivity contribution < 1.29 is 23.5 Å². The van der Waals surface area contributed by atoms with E-state index in [4.69, 9.17) is 9.15 Å². The molecule has 8 heteroatoms. The Kier molecular flexibility index (Phi) is 6.36. The number of carbonyl (C=O) groups excluding carboxylic acids is 3. The second kappa shape index (κ2) is 9.32. The minimum Gasteiger partial charge on any atom is -0.452 e. The van der Waals surface area contributed by atoms with E-state index in [1.807, 2.05) is 6.92 Å². The number of nitrogens with one attached hydrogen (secondary N) is 2. The molecule has 0 aliphatic carbocycles. The quantitative estimate of drug-likeness (QED) is 0.597. The third-order valence-corrected chi connectivity index (χ3v) is 3.92. The van der Waals surface area contributed by atoms with Gasteiger partial charge in [0.25, 0.3) is 11.8 Å². The summed E-state index contributed by atoms with van der Waals surface area (Å²) in [7, 11) is 0. The number of amides is 2.